The minimum absolute atomic E-state index is 0.0189. The average molecular weight is 885 g/mol. The van der Waals surface area contributed by atoms with Gasteiger partial charge in [-0.3, -0.25) is 14.4 Å². The van der Waals surface area contributed by atoms with Gasteiger partial charge in [0.15, 0.2) is 12.1 Å². The number of ether oxygens (including phenoxy) is 7. The third kappa shape index (κ3) is 13.2. The van der Waals surface area contributed by atoms with E-state index in [0.29, 0.717) is 43.0 Å². The molecule has 21 heteroatoms. The topological polar surface area (TPSA) is 290 Å². The highest BCUT2D eigenvalue weighted by Crippen LogP contribution is 2.40. The smallest absolute Gasteiger partial charge is 0.312 e. The highest BCUT2D eigenvalue weighted by molar-refractivity contribution is 5.95. The molecule has 0 amide bonds. The van der Waals surface area contributed by atoms with Crippen molar-refractivity contribution in [2.75, 3.05) is 46.8 Å². The van der Waals surface area contributed by atoms with Gasteiger partial charge in [-0.05, 0) is 62.6 Å². The fourth-order valence-corrected chi connectivity index (χ4v) is 6.28. The van der Waals surface area contributed by atoms with E-state index in [1.165, 1.54) is 7.11 Å². The van der Waals surface area contributed by atoms with E-state index in [0.717, 1.165) is 11.6 Å². The molecule has 0 bridgehead atoms. The third-order valence-electron chi connectivity index (χ3n) is 9.70. The summed E-state index contributed by atoms with van der Waals surface area (Å²) in [7, 11) is 1.48. The molecule has 342 valence electrons. The molecule has 2 aromatic carbocycles. The maximum Gasteiger partial charge on any atom is 0.312 e. The Balaban J connectivity index is 1.02. The number of hydrogen-bond donors (Lipinski definition) is 5. The molecule has 3 heterocycles. The molecular weight excluding hydrogens is 832 g/mol. The Bertz CT molecular complexity index is 2240. The first kappa shape index (κ1) is 48.4. The van der Waals surface area contributed by atoms with Gasteiger partial charge in [-0.1, -0.05) is 16.9 Å². The first-order chi connectivity index (χ1) is 30.3. The van der Waals surface area contributed by atoms with Crippen LogP contribution in [0.15, 0.2) is 62.6 Å². The number of carbonyl (C=O) groups excluding carboxylic acids is 2. The summed E-state index contributed by atoms with van der Waals surface area (Å²) >= 11 is 0. The van der Waals surface area contributed by atoms with Crippen molar-refractivity contribution in [3.05, 3.63) is 74.6 Å². The highest BCUT2D eigenvalue weighted by Gasteiger charge is 2.44. The van der Waals surface area contributed by atoms with Crippen LogP contribution >= 0.6 is 0 Å². The Kier molecular flexibility index (Phi) is 18.2. The summed E-state index contributed by atoms with van der Waals surface area (Å²) in [5.41, 5.74) is 0.682. The zero-order chi connectivity index (χ0) is 45.5. The number of aliphatic hydroxyl groups is 4. The largest absolute Gasteiger partial charge is 0.507 e. The maximum absolute atomic E-state index is 14.0. The summed E-state index contributed by atoms with van der Waals surface area (Å²) in [6, 6.07) is 7.42. The lowest BCUT2D eigenvalue weighted by molar-refractivity contribution is -0.302. The minimum atomic E-state index is -1.53. The normalized spacial score (nSPS) is 18.6. The second kappa shape index (κ2) is 23.7. The van der Waals surface area contributed by atoms with Crippen LogP contribution in [0.25, 0.3) is 22.3 Å². The van der Waals surface area contributed by atoms with Gasteiger partial charge in [-0.15, -0.1) is 10.0 Å². The van der Waals surface area contributed by atoms with Crippen LogP contribution in [0.5, 0.6) is 17.2 Å². The van der Waals surface area contributed by atoms with Crippen LogP contribution in [-0.2, 0) is 52.8 Å². The van der Waals surface area contributed by atoms with Gasteiger partial charge in [0.1, 0.15) is 52.9 Å². The van der Waals surface area contributed by atoms with Gasteiger partial charge in [0.25, 0.3) is 0 Å². The van der Waals surface area contributed by atoms with Gasteiger partial charge >= 0.3 is 11.9 Å². The second-order valence-corrected chi connectivity index (χ2v) is 14.6. The number of nitroso groups, excluding NO2 is 1. The number of rotatable bonds is 24. The lowest BCUT2D eigenvalue weighted by Gasteiger charge is -2.39. The predicted molar refractivity (Wildman–Crippen MR) is 220 cm³/mol. The number of fused-ring (bicyclic) bond motifs is 1. The van der Waals surface area contributed by atoms with E-state index in [-0.39, 0.29) is 73.9 Å². The number of phenols is 1. The Labute approximate surface area is 360 Å². The molecule has 0 spiro atoms. The molecule has 1 aliphatic heterocycles. The minimum Gasteiger partial charge on any atom is -0.507 e. The number of carbonyl (C=O) groups is 2. The summed E-state index contributed by atoms with van der Waals surface area (Å²) in [4.78, 5) is 51.3. The Morgan fingerprint density at radius 1 is 0.952 bits per heavy atom. The molecule has 1 fully saturated rings. The number of esters is 2. The number of hydrogen-bond acceptors (Lipinski definition) is 20. The third-order valence-corrected chi connectivity index (χ3v) is 9.70. The highest BCUT2D eigenvalue weighted by atomic mass is 16.7. The zero-order valence-electron chi connectivity index (χ0n) is 35.0. The molecule has 1 aliphatic rings. The van der Waals surface area contributed by atoms with Crippen molar-refractivity contribution < 1.29 is 72.7 Å². The van der Waals surface area contributed by atoms with Gasteiger partial charge in [0.2, 0.25) is 11.2 Å². The fourth-order valence-electron chi connectivity index (χ4n) is 6.28. The van der Waals surface area contributed by atoms with Crippen molar-refractivity contribution in [3.8, 4) is 28.6 Å². The molecule has 0 unspecified atom stereocenters. The molecular formula is C42H52N4O17. The molecule has 63 heavy (non-hydrogen) atoms. The zero-order valence-corrected chi connectivity index (χ0v) is 35.0. The first-order valence-corrected chi connectivity index (χ1v) is 20.1. The lowest BCUT2D eigenvalue weighted by Crippen LogP contribution is -2.59. The summed E-state index contributed by atoms with van der Waals surface area (Å²) in [5, 5.41) is 60.4. The van der Waals surface area contributed by atoms with Crippen LogP contribution < -0.4 is 14.9 Å². The number of allylic oxidation sites excluding steroid dienone is 2. The van der Waals surface area contributed by atoms with Gasteiger partial charge in [0.05, 0.1) is 77.7 Å². The van der Waals surface area contributed by atoms with Gasteiger partial charge in [0, 0.05) is 23.8 Å². The van der Waals surface area contributed by atoms with Gasteiger partial charge in [-0.2, -0.15) is 0 Å². The molecule has 21 nitrogen and oxygen atoms in total. The van der Waals surface area contributed by atoms with E-state index in [9.17, 15) is 44.8 Å². The van der Waals surface area contributed by atoms with Crippen molar-refractivity contribution in [2.24, 2.45) is 5.18 Å². The van der Waals surface area contributed by atoms with Crippen molar-refractivity contribution in [1.82, 2.24) is 15.0 Å². The van der Waals surface area contributed by atoms with E-state index < -0.39 is 72.5 Å². The molecule has 5 atom stereocenters. The van der Waals surface area contributed by atoms with Crippen molar-refractivity contribution >= 4 is 28.6 Å². The fraction of sp³-hybridized carbons (Fsp3) is 0.500. The molecule has 4 aromatic rings. The molecule has 5 N–H and O–H groups in total. The number of unbranched alkanes of at least 4 members (excludes halogenated alkanes) is 1. The van der Waals surface area contributed by atoms with Crippen molar-refractivity contribution in [1.29, 1.82) is 0 Å². The van der Waals surface area contributed by atoms with E-state index in [2.05, 4.69) is 15.5 Å². The second-order valence-electron chi connectivity index (χ2n) is 14.6. The standard InChI is InChI=1S/C42H52N4O17/c1-24(2)6-11-28-30(48)20-29(44-55)34-36(52)41(39(63-40(28)34)25-7-9-27(56-3)10-8-25)62-33(50)13-12-32(49)59-16-5-4-15-58-23-26-21-46(45-43-26)14-17-57-18-19-60-42-38(54)37(53)35(51)31(22-47)61-42/h6-10,20-21,31,35,37-38,42,47-48,51,53-54H,4-5,11-19,22-23H2,1-3H3/t31-,35-,37+,38-,42-/m1/s1. The van der Waals surface area contributed by atoms with Crippen LogP contribution in [0.4, 0.5) is 5.69 Å². The summed E-state index contributed by atoms with van der Waals surface area (Å²) in [5.74, 6) is -2.08. The number of phenolic OH excluding ortho intramolecular Hbond substituents is 1. The van der Waals surface area contributed by atoms with E-state index in [4.69, 9.17) is 37.6 Å². The van der Waals surface area contributed by atoms with Gasteiger partial charge in [-0.25, -0.2) is 4.68 Å². The SMILES string of the molecule is COc1ccc(-c2oc3c(CC=C(C)C)c(O)cc(N=O)c3c(=O)c2OC(=O)CCC(=O)OCCCCOCc2cn(CCOCCO[C@@H]3O[C@H](CO)[C@@H](O)[C@H](O)[C@H]3O)nn2)cc1. The Morgan fingerprint density at radius 3 is 2.41 bits per heavy atom. The predicted octanol–water partition coefficient (Wildman–Crippen LogP) is 2.73. The molecule has 2 aromatic heterocycles. The number of nitrogens with zero attached hydrogens (tertiary/aromatic N) is 4. The van der Waals surface area contributed by atoms with Crippen LogP contribution in [0.2, 0.25) is 0 Å². The number of aromatic hydroxyl groups is 1. The molecule has 0 aliphatic carbocycles. The number of aromatic nitrogens is 3. The monoisotopic (exact) mass is 884 g/mol. The summed E-state index contributed by atoms with van der Waals surface area (Å²) < 4.78 is 45.5. The summed E-state index contributed by atoms with van der Waals surface area (Å²) in [6.07, 6.45) is -2.86. The molecule has 0 radical (unpaired) electrons. The van der Waals surface area contributed by atoms with Crippen LogP contribution in [0, 0.1) is 4.91 Å². The summed E-state index contributed by atoms with van der Waals surface area (Å²) in [6.45, 7) is 4.56. The maximum atomic E-state index is 14.0. The Hall–Kier alpha value is -5.65. The van der Waals surface area contributed by atoms with E-state index >= 15 is 0 Å². The first-order valence-electron chi connectivity index (χ1n) is 20.1. The molecule has 0 saturated carbocycles. The van der Waals surface area contributed by atoms with Crippen molar-refractivity contribution in [3.63, 3.8) is 0 Å². The number of aliphatic hydroxyl groups excluding tert-OH is 4. The molecule has 1 saturated heterocycles. The van der Waals surface area contributed by atoms with Crippen molar-refractivity contribution in [2.45, 2.75) is 89.8 Å². The van der Waals surface area contributed by atoms with Crippen LogP contribution in [0.3, 0.4) is 0 Å². The quantitative estimate of drug-likeness (QED) is 0.0293. The van der Waals surface area contributed by atoms with Gasteiger partial charge < -0.3 is 63.1 Å². The number of methoxy groups -OCH3 is 1. The Morgan fingerprint density at radius 2 is 1.70 bits per heavy atom. The lowest BCUT2D eigenvalue weighted by atomic mass is 9.99. The molecule has 5 rings (SSSR count). The number of benzene rings is 2. The van der Waals surface area contributed by atoms with E-state index in [1.54, 1.807) is 41.2 Å². The van der Waals surface area contributed by atoms with E-state index in [1.807, 2.05) is 13.8 Å². The van der Waals surface area contributed by atoms with Crippen LogP contribution in [0.1, 0.15) is 50.8 Å². The average Bonchev–Trinajstić information content (AvgIpc) is 3.73. The van der Waals surface area contributed by atoms with Crippen LogP contribution in [-0.4, -0.2) is 130 Å².